The Morgan fingerprint density at radius 2 is 1.58 bits per heavy atom. The zero-order chi connectivity index (χ0) is 13.3. The Hall–Kier alpha value is -1.86. The number of ether oxygens (including phenoxy) is 1. The highest BCUT2D eigenvalue weighted by Gasteiger charge is 2.09. The Morgan fingerprint density at radius 3 is 2.21 bits per heavy atom. The molecule has 19 heavy (non-hydrogen) atoms. The minimum Gasteiger partial charge on any atom is -0.376 e. The third-order valence-corrected chi connectivity index (χ3v) is 3.15. The highest BCUT2D eigenvalue weighted by Crippen LogP contribution is 2.20. The summed E-state index contributed by atoms with van der Waals surface area (Å²) in [6, 6.07) is 20.8. The van der Waals surface area contributed by atoms with E-state index in [-0.39, 0.29) is 0 Å². The van der Waals surface area contributed by atoms with E-state index in [1.54, 1.807) is 0 Å². The molecule has 0 aliphatic rings. The van der Waals surface area contributed by atoms with Gasteiger partial charge < -0.3 is 4.74 Å². The third-order valence-electron chi connectivity index (χ3n) is 3.15. The van der Waals surface area contributed by atoms with Crippen LogP contribution in [-0.2, 0) is 11.3 Å². The first-order valence-corrected chi connectivity index (χ1v) is 6.67. The molecule has 0 spiro atoms. The van der Waals surface area contributed by atoms with E-state index >= 15 is 0 Å². The van der Waals surface area contributed by atoms with Crippen LogP contribution in [0, 0.1) is 0 Å². The van der Waals surface area contributed by atoms with Gasteiger partial charge in [0.2, 0.25) is 0 Å². The van der Waals surface area contributed by atoms with Crippen LogP contribution in [0.1, 0.15) is 23.5 Å². The van der Waals surface area contributed by atoms with Gasteiger partial charge in [0, 0.05) is 5.92 Å². The van der Waals surface area contributed by atoms with Gasteiger partial charge in [0.25, 0.3) is 0 Å². The molecule has 0 aliphatic heterocycles. The topological polar surface area (TPSA) is 9.23 Å². The van der Waals surface area contributed by atoms with Gasteiger partial charge >= 0.3 is 0 Å². The Morgan fingerprint density at radius 1 is 0.947 bits per heavy atom. The quantitative estimate of drug-likeness (QED) is 0.656. The number of rotatable bonds is 7. The van der Waals surface area contributed by atoms with Crippen LogP contribution in [0.15, 0.2) is 73.3 Å². The van der Waals surface area contributed by atoms with Crippen LogP contribution in [0.2, 0.25) is 0 Å². The fourth-order valence-corrected chi connectivity index (χ4v) is 2.12. The van der Waals surface area contributed by atoms with Gasteiger partial charge in [-0.2, -0.15) is 0 Å². The van der Waals surface area contributed by atoms with Crippen molar-refractivity contribution in [2.45, 2.75) is 18.9 Å². The molecule has 0 amide bonds. The van der Waals surface area contributed by atoms with E-state index < -0.39 is 0 Å². The van der Waals surface area contributed by atoms with Crippen molar-refractivity contribution < 1.29 is 4.74 Å². The average molecular weight is 252 g/mol. The summed E-state index contributed by atoms with van der Waals surface area (Å²) in [7, 11) is 0. The fourth-order valence-electron chi connectivity index (χ4n) is 2.12. The van der Waals surface area contributed by atoms with Crippen LogP contribution in [0.3, 0.4) is 0 Å². The summed E-state index contributed by atoms with van der Waals surface area (Å²) >= 11 is 0. The van der Waals surface area contributed by atoms with Crippen molar-refractivity contribution in [3.8, 4) is 0 Å². The summed E-state index contributed by atoms with van der Waals surface area (Å²) in [6.45, 7) is 5.23. The standard InChI is InChI=1S/C18H20O/c1-2-9-18(17-12-7-4-8-13-17)15-19-14-16-10-5-3-6-11-16/h2-8,10-13,18H,1,9,14-15H2. The molecule has 1 unspecified atom stereocenters. The Labute approximate surface area is 115 Å². The first-order valence-electron chi connectivity index (χ1n) is 6.67. The van der Waals surface area contributed by atoms with Crippen LogP contribution < -0.4 is 0 Å². The van der Waals surface area contributed by atoms with Crippen LogP contribution >= 0.6 is 0 Å². The van der Waals surface area contributed by atoms with Crippen molar-refractivity contribution >= 4 is 0 Å². The second kappa shape index (κ2) is 7.55. The minimum atomic E-state index is 0.391. The molecule has 0 heterocycles. The van der Waals surface area contributed by atoms with Gasteiger partial charge in [0.15, 0.2) is 0 Å². The highest BCUT2D eigenvalue weighted by molar-refractivity contribution is 5.20. The predicted molar refractivity (Wildman–Crippen MR) is 80.1 cm³/mol. The first kappa shape index (κ1) is 13.6. The number of allylic oxidation sites excluding steroid dienone is 1. The van der Waals surface area contributed by atoms with E-state index in [2.05, 4.69) is 43.0 Å². The Bertz CT molecular complexity index is 476. The van der Waals surface area contributed by atoms with E-state index in [9.17, 15) is 0 Å². The van der Waals surface area contributed by atoms with Crippen LogP contribution in [0.4, 0.5) is 0 Å². The first-order chi connectivity index (χ1) is 9.40. The molecule has 0 radical (unpaired) electrons. The number of benzene rings is 2. The van der Waals surface area contributed by atoms with E-state index in [1.807, 2.05) is 30.3 Å². The van der Waals surface area contributed by atoms with Gasteiger partial charge in [-0.15, -0.1) is 6.58 Å². The van der Waals surface area contributed by atoms with Gasteiger partial charge in [-0.3, -0.25) is 0 Å². The Balaban J connectivity index is 1.89. The van der Waals surface area contributed by atoms with E-state index in [1.165, 1.54) is 11.1 Å². The molecular weight excluding hydrogens is 232 g/mol. The summed E-state index contributed by atoms with van der Waals surface area (Å²) in [6.07, 6.45) is 2.91. The SMILES string of the molecule is C=CCC(COCc1ccccc1)c1ccccc1. The van der Waals surface area contributed by atoms with E-state index in [0.29, 0.717) is 12.5 Å². The lowest BCUT2D eigenvalue weighted by atomic mass is 9.97. The lowest BCUT2D eigenvalue weighted by Gasteiger charge is -2.16. The smallest absolute Gasteiger partial charge is 0.0717 e. The molecule has 0 saturated heterocycles. The normalized spacial score (nSPS) is 12.0. The van der Waals surface area contributed by atoms with E-state index in [0.717, 1.165) is 13.0 Å². The maximum atomic E-state index is 5.84. The molecule has 1 nitrogen and oxygen atoms in total. The molecule has 2 aromatic rings. The summed E-state index contributed by atoms with van der Waals surface area (Å²) in [5.41, 5.74) is 2.53. The fraction of sp³-hybridized carbons (Fsp3) is 0.222. The molecular formula is C18H20O. The molecule has 0 fully saturated rings. The molecule has 0 aromatic heterocycles. The summed E-state index contributed by atoms with van der Waals surface area (Å²) < 4.78 is 5.84. The van der Waals surface area contributed by atoms with Crippen molar-refractivity contribution in [2.24, 2.45) is 0 Å². The predicted octanol–water partition coefficient (Wildman–Crippen LogP) is 4.56. The summed E-state index contributed by atoms with van der Waals surface area (Å²) in [5, 5.41) is 0. The van der Waals surface area contributed by atoms with Crippen molar-refractivity contribution in [1.82, 2.24) is 0 Å². The van der Waals surface area contributed by atoms with Crippen molar-refractivity contribution in [3.63, 3.8) is 0 Å². The third kappa shape index (κ3) is 4.38. The van der Waals surface area contributed by atoms with E-state index in [4.69, 9.17) is 4.74 Å². The van der Waals surface area contributed by atoms with Gasteiger partial charge in [-0.05, 0) is 17.5 Å². The maximum Gasteiger partial charge on any atom is 0.0717 e. The van der Waals surface area contributed by atoms with Crippen molar-refractivity contribution in [1.29, 1.82) is 0 Å². The lowest BCUT2D eigenvalue weighted by Crippen LogP contribution is -2.07. The summed E-state index contributed by atoms with van der Waals surface area (Å²) in [4.78, 5) is 0. The highest BCUT2D eigenvalue weighted by atomic mass is 16.5. The molecule has 0 saturated carbocycles. The number of hydrogen-bond donors (Lipinski definition) is 0. The minimum absolute atomic E-state index is 0.391. The second-order valence-electron chi connectivity index (χ2n) is 4.63. The van der Waals surface area contributed by atoms with Crippen molar-refractivity contribution in [2.75, 3.05) is 6.61 Å². The van der Waals surface area contributed by atoms with Crippen LogP contribution in [-0.4, -0.2) is 6.61 Å². The van der Waals surface area contributed by atoms with Gasteiger partial charge in [0.05, 0.1) is 13.2 Å². The molecule has 1 atom stereocenters. The molecule has 2 aromatic carbocycles. The summed E-state index contributed by atoms with van der Waals surface area (Å²) in [5.74, 6) is 0.391. The Kier molecular flexibility index (Phi) is 5.39. The average Bonchev–Trinajstić information content (AvgIpc) is 2.48. The number of hydrogen-bond acceptors (Lipinski definition) is 1. The molecule has 2 rings (SSSR count). The van der Waals surface area contributed by atoms with Crippen LogP contribution in [0.25, 0.3) is 0 Å². The van der Waals surface area contributed by atoms with Gasteiger partial charge in [-0.1, -0.05) is 66.7 Å². The zero-order valence-electron chi connectivity index (χ0n) is 11.2. The second-order valence-corrected chi connectivity index (χ2v) is 4.63. The molecule has 0 aliphatic carbocycles. The van der Waals surface area contributed by atoms with Crippen molar-refractivity contribution in [3.05, 3.63) is 84.4 Å². The molecule has 0 bridgehead atoms. The van der Waals surface area contributed by atoms with Crippen LogP contribution in [0.5, 0.6) is 0 Å². The lowest BCUT2D eigenvalue weighted by molar-refractivity contribution is 0.107. The monoisotopic (exact) mass is 252 g/mol. The van der Waals surface area contributed by atoms with Gasteiger partial charge in [0.1, 0.15) is 0 Å². The largest absolute Gasteiger partial charge is 0.376 e. The van der Waals surface area contributed by atoms with Gasteiger partial charge in [-0.25, -0.2) is 0 Å². The zero-order valence-corrected chi connectivity index (χ0v) is 11.2. The maximum absolute atomic E-state index is 5.84. The molecule has 98 valence electrons. The molecule has 1 heteroatoms. The molecule has 0 N–H and O–H groups in total.